The number of hydrogen-bond donors (Lipinski definition) is 1. The van der Waals surface area contributed by atoms with E-state index in [-0.39, 0.29) is 18.4 Å². The van der Waals surface area contributed by atoms with E-state index in [0.29, 0.717) is 17.2 Å². The van der Waals surface area contributed by atoms with Gasteiger partial charge in [-0.05, 0) is 55.3 Å². The van der Waals surface area contributed by atoms with E-state index >= 15 is 0 Å². The van der Waals surface area contributed by atoms with Crippen LogP contribution >= 0.6 is 0 Å². The summed E-state index contributed by atoms with van der Waals surface area (Å²) in [5, 5.41) is 2.86. The van der Waals surface area contributed by atoms with Crippen molar-refractivity contribution >= 4 is 23.2 Å². The van der Waals surface area contributed by atoms with Crippen molar-refractivity contribution in [3.63, 3.8) is 0 Å². The molecule has 3 aromatic carbocycles. The van der Waals surface area contributed by atoms with Crippen LogP contribution < -0.4 is 15.0 Å². The molecule has 0 aliphatic rings. The third kappa shape index (κ3) is 5.23. The number of nitrogens with zero attached hydrogens (tertiary/aromatic N) is 1. The van der Waals surface area contributed by atoms with Crippen molar-refractivity contribution in [2.75, 3.05) is 16.8 Å². The van der Waals surface area contributed by atoms with Crippen molar-refractivity contribution in [2.24, 2.45) is 0 Å². The highest BCUT2D eigenvalue weighted by Crippen LogP contribution is 2.29. The van der Waals surface area contributed by atoms with Crippen LogP contribution in [0.25, 0.3) is 0 Å². The van der Waals surface area contributed by atoms with E-state index in [2.05, 4.69) is 5.32 Å². The summed E-state index contributed by atoms with van der Waals surface area (Å²) in [5.41, 5.74) is 3.25. The molecule has 0 fully saturated rings. The summed E-state index contributed by atoms with van der Waals surface area (Å²) in [4.78, 5) is 26.5. The van der Waals surface area contributed by atoms with E-state index in [4.69, 9.17) is 4.74 Å². The Bertz CT molecular complexity index is 1020. The first kappa shape index (κ1) is 20.1. The van der Waals surface area contributed by atoms with Crippen LogP contribution in [0.5, 0.6) is 11.5 Å². The molecule has 0 bridgehead atoms. The second-order valence-corrected chi connectivity index (χ2v) is 6.85. The van der Waals surface area contributed by atoms with Gasteiger partial charge in [0.25, 0.3) is 0 Å². The van der Waals surface area contributed by atoms with E-state index in [1.165, 1.54) is 11.8 Å². The minimum absolute atomic E-state index is 0.0840. The first-order valence-electron chi connectivity index (χ1n) is 9.41. The van der Waals surface area contributed by atoms with Gasteiger partial charge in [-0.15, -0.1) is 0 Å². The lowest BCUT2D eigenvalue weighted by Gasteiger charge is -2.23. The highest BCUT2D eigenvalue weighted by molar-refractivity contribution is 6.02. The van der Waals surface area contributed by atoms with Crippen LogP contribution in [0.2, 0.25) is 0 Å². The van der Waals surface area contributed by atoms with Gasteiger partial charge in [-0.2, -0.15) is 0 Å². The number of benzene rings is 3. The molecule has 3 aromatic rings. The van der Waals surface area contributed by atoms with Gasteiger partial charge in [0.1, 0.15) is 12.3 Å². The molecule has 29 heavy (non-hydrogen) atoms. The number of ether oxygens (including phenoxy) is 1. The zero-order valence-corrected chi connectivity index (χ0v) is 16.8. The summed E-state index contributed by atoms with van der Waals surface area (Å²) < 4.78 is 5.89. The highest BCUT2D eigenvalue weighted by atomic mass is 16.5. The molecular weight excluding hydrogens is 364 g/mol. The van der Waals surface area contributed by atoms with E-state index in [1.54, 1.807) is 12.1 Å². The number of anilines is 2. The Morgan fingerprint density at radius 2 is 1.62 bits per heavy atom. The predicted octanol–water partition coefficient (Wildman–Crippen LogP) is 5.09. The molecule has 0 saturated heterocycles. The molecule has 0 radical (unpaired) electrons. The molecular formula is C24H24N2O3. The van der Waals surface area contributed by atoms with Crippen LogP contribution in [-0.4, -0.2) is 18.4 Å². The predicted molar refractivity (Wildman–Crippen MR) is 116 cm³/mol. The van der Waals surface area contributed by atoms with Crippen molar-refractivity contribution < 1.29 is 14.3 Å². The second kappa shape index (κ2) is 9.06. The van der Waals surface area contributed by atoms with Crippen LogP contribution in [-0.2, 0) is 9.59 Å². The van der Waals surface area contributed by atoms with Crippen molar-refractivity contribution in [3.05, 3.63) is 83.9 Å². The largest absolute Gasteiger partial charge is 0.455 e. The molecule has 0 aromatic heterocycles. The fraction of sp³-hybridized carbons (Fsp3) is 0.167. The van der Waals surface area contributed by atoms with Gasteiger partial charge in [0.2, 0.25) is 11.8 Å². The minimum Gasteiger partial charge on any atom is -0.455 e. The Morgan fingerprint density at radius 1 is 0.931 bits per heavy atom. The topological polar surface area (TPSA) is 58.6 Å². The van der Waals surface area contributed by atoms with Gasteiger partial charge in [0.15, 0.2) is 5.75 Å². The third-order valence-electron chi connectivity index (χ3n) is 4.47. The molecule has 1 N–H and O–H groups in total. The Labute approximate surface area is 170 Å². The number of rotatable bonds is 6. The molecule has 0 aliphatic carbocycles. The Morgan fingerprint density at radius 3 is 2.34 bits per heavy atom. The second-order valence-electron chi connectivity index (χ2n) is 6.85. The molecule has 0 aliphatic heterocycles. The Hall–Kier alpha value is -3.60. The summed E-state index contributed by atoms with van der Waals surface area (Å²) in [5.74, 6) is 0.719. The van der Waals surface area contributed by atoms with E-state index in [0.717, 1.165) is 16.8 Å². The van der Waals surface area contributed by atoms with E-state index < -0.39 is 0 Å². The third-order valence-corrected chi connectivity index (χ3v) is 4.47. The van der Waals surface area contributed by atoms with Crippen LogP contribution in [0.1, 0.15) is 18.1 Å². The smallest absolute Gasteiger partial charge is 0.244 e. The fourth-order valence-electron chi connectivity index (χ4n) is 2.98. The molecule has 0 spiro atoms. The van der Waals surface area contributed by atoms with Crippen molar-refractivity contribution in [2.45, 2.75) is 20.8 Å². The van der Waals surface area contributed by atoms with Gasteiger partial charge in [-0.1, -0.05) is 42.5 Å². The Balaban J connectivity index is 1.78. The van der Waals surface area contributed by atoms with Gasteiger partial charge >= 0.3 is 0 Å². The molecule has 0 atom stereocenters. The van der Waals surface area contributed by atoms with Gasteiger partial charge in [-0.3, -0.25) is 9.59 Å². The summed E-state index contributed by atoms with van der Waals surface area (Å²) in [6, 6.07) is 22.4. The number of amides is 2. The average molecular weight is 388 g/mol. The summed E-state index contributed by atoms with van der Waals surface area (Å²) in [7, 11) is 0. The molecule has 3 rings (SSSR count). The highest BCUT2D eigenvalue weighted by Gasteiger charge is 2.19. The van der Waals surface area contributed by atoms with Crippen molar-refractivity contribution in [1.82, 2.24) is 0 Å². The maximum Gasteiger partial charge on any atom is 0.244 e. The van der Waals surface area contributed by atoms with Gasteiger partial charge < -0.3 is 15.0 Å². The lowest BCUT2D eigenvalue weighted by Crippen LogP contribution is -2.37. The van der Waals surface area contributed by atoms with E-state index in [9.17, 15) is 9.59 Å². The lowest BCUT2D eigenvalue weighted by atomic mass is 10.1. The SMILES string of the molecule is CC(=O)N(CC(=O)Nc1ccccc1Oc1ccccc1)c1cc(C)ccc1C. The maximum atomic E-state index is 12.7. The standard InChI is InChI=1S/C24H24N2O3/c1-17-13-14-18(2)22(15-17)26(19(3)27)16-24(28)25-21-11-7-8-12-23(21)29-20-9-5-4-6-10-20/h4-15H,16H2,1-3H3,(H,25,28). The summed E-state index contributed by atoms with van der Waals surface area (Å²) in [6.07, 6.45) is 0. The van der Waals surface area contributed by atoms with Gasteiger partial charge in [-0.25, -0.2) is 0 Å². The molecule has 0 saturated carbocycles. The Kier molecular flexibility index (Phi) is 6.29. The summed E-state index contributed by atoms with van der Waals surface area (Å²) >= 11 is 0. The lowest BCUT2D eigenvalue weighted by molar-refractivity contribution is -0.120. The molecule has 0 unspecified atom stereocenters. The number of carbonyl (C=O) groups excluding carboxylic acids is 2. The number of para-hydroxylation sites is 3. The zero-order chi connectivity index (χ0) is 20.8. The monoisotopic (exact) mass is 388 g/mol. The molecule has 0 heterocycles. The number of aryl methyl sites for hydroxylation is 2. The zero-order valence-electron chi connectivity index (χ0n) is 16.8. The minimum atomic E-state index is -0.301. The van der Waals surface area contributed by atoms with E-state index in [1.807, 2.05) is 74.5 Å². The molecule has 5 heteroatoms. The number of carbonyl (C=O) groups is 2. The number of hydrogen-bond acceptors (Lipinski definition) is 3. The van der Waals surface area contributed by atoms with Crippen molar-refractivity contribution in [3.8, 4) is 11.5 Å². The first-order valence-corrected chi connectivity index (χ1v) is 9.41. The fourth-order valence-corrected chi connectivity index (χ4v) is 2.98. The normalized spacial score (nSPS) is 10.3. The van der Waals surface area contributed by atoms with Gasteiger partial charge in [0, 0.05) is 12.6 Å². The average Bonchev–Trinajstić information content (AvgIpc) is 2.70. The molecule has 5 nitrogen and oxygen atoms in total. The van der Waals surface area contributed by atoms with Crippen LogP contribution in [0.4, 0.5) is 11.4 Å². The van der Waals surface area contributed by atoms with Crippen LogP contribution in [0, 0.1) is 13.8 Å². The maximum absolute atomic E-state index is 12.7. The molecule has 2 amide bonds. The molecule has 148 valence electrons. The van der Waals surface area contributed by atoms with Gasteiger partial charge in [0.05, 0.1) is 5.69 Å². The van der Waals surface area contributed by atoms with Crippen LogP contribution in [0.3, 0.4) is 0 Å². The summed E-state index contributed by atoms with van der Waals surface area (Å²) in [6.45, 7) is 5.25. The first-order chi connectivity index (χ1) is 13.9. The quantitative estimate of drug-likeness (QED) is 0.640. The van der Waals surface area contributed by atoms with Crippen molar-refractivity contribution in [1.29, 1.82) is 0 Å². The number of nitrogens with one attached hydrogen (secondary N) is 1. The van der Waals surface area contributed by atoms with Crippen LogP contribution in [0.15, 0.2) is 72.8 Å².